The average Bonchev–Trinajstić information content (AvgIpc) is 2.19. The molecule has 1 aromatic carbocycles. The molecule has 0 atom stereocenters. The van der Waals surface area contributed by atoms with Gasteiger partial charge in [0.05, 0.1) is 9.50 Å². The lowest BCUT2D eigenvalue weighted by atomic mass is 10.3. The van der Waals surface area contributed by atoms with E-state index in [0.717, 1.165) is 34.6 Å². The largest absolute Gasteiger partial charge is 0.384 e. The minimum absolute atomic E-state index is 0.735. The smallest absolute Gasteiger partial charge is 0.0593 e. The summed E-state index contributed by atoms with van der Waals surface area (Å²) >= 11 is 9.39. The Morgan fingerprint density at radius 3 is 3.00 bits per heavy atom. The molecule has 0 bridgehead atoms. The maximum atomic E-state index is 5.95. The fourth-order valence-electron chi connectivity index (χ4n) is 1.11. The summed E-state index contributed by atoms with van der Waals surface area (Å²) in [5.74, 6) is 0. The van der Waals surface area contributed by atoms with Gasteiger partial charge >= 0.3 is 0 Å². The Hall–Kier alpha value is -0.470. The predicted molar refractivity (Wildman–Crippen MR) is 67.1 cm³/mol. The molecule has 0 aliphatic heterocycles. The van der Waals surface area contributed by atoms with Gasteiger partial charge in [0, 0.05) is 12.2 Å². The zero-order valence-electron chi connectivity index (χ0n) is 7.89. The van der Waals surface area contributed by atoms with Crippen molar-refractivity contribution in [3.8, 4) is 0 Å². The third-order valence-electron chi connectivity index (χ3n) is 1.85. The fourth-order valence-corrected chi connectivity index (χ4v) is 1.69. The van der Waals surface area contributed by atoms with Gasteiger partial charge in [-0.25, -0.2) is 0 Å². The lowest BCUT2D eigenvalue weighted by Gasteiger charge is -2.08. The van der Waals surface area contributed by atoms with Crippen molar-refractivity contribution in [3.05, 3.63) is 40.3 Å². The van der Waals surface area contributed by atoms with Gasteiger partial charge in [0.1, 0.15) is 0 Å². The topological polar surface area (TPSA) is 12.0 Å². The number of unbranched alkanes of at least 4 members (excludes halogenated alkanes) is 1. The molecule has 0 unspecified atom stereocenters. The quantitative estimate of drug-likeness (QED) is 0.616. The van der Waals surface area contributed by atoms with Crippen LogP contribution in [0.5, 0.6) is 0 Å². The molecule has 14 heavy (non-hydrogen) atoms. The summed E-state index contributed by atoms with van der Waals surface area (Å²) in [6, 6.07) is 5.80. The molecule has 0 saturated heterocycles. The van der Waals surface area contributed by atoms with E-state index in [1.165, 1.54) is 0 Å². The van der Waals surface area contributed by atoms with E-state index in [2.05, 4.69) is 27.8 Å². The average molecular weight is 275 g/mol. The Kier molecular flexibility index (Phi) is 5.05. The van der Waals surface area contributed by atoms with Crippen molar-refractivity contribution in [1.82, 2.24) is 0 Å². The standard InChI is InChI=1S/C11H13BrClN/c1-2-3-4-8-14-10-7-5-6-9(13)11(10)12/h2,5-7,14H,1,3-4,8H2. The molecule has 76 valence electrons. The van der Waals surface area contributed by atoms with Gasteiger partial charge in [-0.05, 0) is 40.9 Å². The molecule has 0 spiro atoms. The van der Waals surface area contributed by atoms with Crippen molar-refractivity contribution < 1.29 is 0 Å². The number of nitrogens with one attached hydrogen (secondary N) is 1. The lowest BCUT2D eigenvalue weighted by molar-refractivity contribution is 0.890. The van der Waals surface area contributed by atoms with Crippen LogP contribution in [0.2, 0.25) is 5.02 Å². The van der Waals surface area contributed by atoms with Crippen LogP contribution in [-0.2, 0) is 0 Å². The van der Waals surface area contributed by atoms with Crippen LogP contribution in [-0.4, -0.2) is 6.54 Å². The molecule has 0 aromatic heterocycles. The molecular formula is C11H13BrClN. The van der Waals surface area contributed by atoms with Crippen molar-refractivity contribution in [1.29, 1.82) is 0 Å². The van der Waals surface area contributed by atoms with Crippen molar-refractivity contribution in [3.63, 3.8) is 0 Å². The molecule has 0 radical (unpaired) electrons. The first-order valence-corrected chi connectivity index (χ1v) is 5.71. The Morgan fingerprint density at radius 2 is 2.29 bits per heavy atom. The van der Waals surface area contributed by atoms with Crippen molar-refractivity contribution >= 4 is 33.2 Å². The molecule has 0 aliphatic rings. The van der Waals surface area contributed by atoms with Gasteiger partial charge in [-0.15, -0.1) is 6.58 Å². The van der Waals surface area contributed by atoms with Crippen molar-refractivity contribution in [2.75, 3.05) is 11.9 Å². The SMILES string of the molecule is C=CCCCNc1cccc(Cl)c1Br. The van der Waals surface area contributed by atoms with Crippen LogP contribution >= 0.6 is 27.5 Å². The highest BCUT2D eigenvalue weighted by molar-refractivity contribution is 9.10. The van der Waals surface area contributed by atoms with Gasteiger partial charge in [-0.1, -0.05) is 23.7 Å². The van der Waals surface area contributed by atoms with Crippen LogP contribution in [0.3, 0.4) is 0 Å². The fraction of sp³-hybridized carbons (Fsp3) is 0.273. The normalized spacial score (nSPS) is 9.86. The maximum Gasteiger partial charge on any atom is 0.0593 e. The molecule has 1 rings (SSSR count). The van der Waals surface area contributed by atoms with E-state index in [-0.39, 0.29) is 0 Å². The summed E-state index contributed by atoms with van der Waals surface area (Å²) in [5.41, 5.74) is 1.04. The van der Waals surface area contributed by atoms with E-state index >= 15 is 0 Å². The molecule has 0 fully saturated rings. The van der Waals surface area contributed by atoms with Crippen LogP contribution in [0.15, 0.2) is 35.3 Å². The second-order valence-electron chi connectivity index (χ2n) is 2.96. The van der Waals surface area contributed by atoms with Crippen molar-refractivity contribution in [2.24, 2.45) is 0 Å². The Balaban J connectivity index is 2.50. The number of anilines is 1. The summed E-state index contributed by atoms with van der Waals surface area (Å²) in [4.78, 5) is 0. The number of hydrogen-bond donors (Lipinski definition) is 1. The van der Waals surface area contributed by atoms with Gasteiger partial charge in [0.25, 0.3) is 0 Å². The molecule has 1 aromatic rings. The molecule has 3 heteroatoms. The molecule has 0 amide bonds. The Bertz CT molecular complexity index is 312. The number of benzene rings is 1. The maximum absolute atomic E-state index is 5.95. The minimum Gasteiger partial charge on any atom is -0.384 e. The van der Waals surface area contributed by atoms with Crippen LogP contribution < -0.4 is 5.32 Å². The van der Waals surface area contributed by atoms with Gasteiger partial charge in [-0.3, -0.25) is 0 Å². The molecule has 0 heterocycles. The highest BCUT2D eigenvalue weighted by Crippen LogP contribution is 2.29. The van der Waals surface area contributed by atoms with Crippen LogP contribution in [0.25, 0.3) is 0 Å². The van der Waals surface area contributed by atoms with E-state index in [1.54, 1.807) is 0 Å². The van der Waals surface area contributed by atoms with Gasteiger partial charge in [0.2, 0.25) is 0 Å². The first-order chi connectivity index (χ1) is 6.75. The molecular weight excluding hydrogens is 261 g/mol. The van der Waals surface area contributed by atoms with E-state index in [1.807, 2.05) is 24.3 Å². The summed E-state index contributed by atoms with van der Waals surface area (Å²) in [6.45, 7) is 4.61. The zero-order chi connectivity index (χ0) is 10.4. The summed E-state index contributed by atoms with van der Waals surface area (Å²) in [5, 5.41) is 4.04. The van der Waals surface area contributed by atoms with Crippen LogP contribution in [0.4, 0.5) is 5.69 Å². The zero-order valence-corrected chi connectivity index (χ0v) is 10.2. The van der Waals surface area contributed by atoms with E-state index in [0.29, 0.717) is 0 Å². The van der Waals surface area contributed by atoms with E-state index < -0.39 is 0 Å². The number of halogens is 2. The lowest BCUT2D eigenvalue weighted by Crippen LogP contribution is -2.01. The summed E-state index contributed by atoms with van der Waals surface area (Å²) in [7, 11) is 0. The Labute approximate surface area is 98.3 Å². The minimum atomic E-state index is 0.735. The predicted octanol–water partition coefficient (Wildman–Crippen LogP) is 4.48. The molecule has 0 saturated carbocycles. The number of hydrogen-bond acceptors (Lipinski definition) is 1. The van der Waals surface area contributed by atoms with Gasteiger partial charge in [-0.2, -0.15) is 0 Å². The number of rotatable bonds is 5. The number of allylic oxidation sites excluding steroid dienone is 1. The Morgan fingerprint density at radius 1 is 1.50 bits per heavy atom. The third-order valence-corrected chi connectivity index (χ3v) is 3.25. The summed E-state index contributed by atoms with van der Waals surface area (Å²) in [6.07, 6.45) is 4.04. The van der Waals surface area contributed by atoms with Gasteiger partial charge < -0.3 is 5.32 Å². The highest BCUT2D eigenvalue weighted by Gasteiger charge is 2.01. The first-order valence-electron chi connectivity index (χ1n) is 4.54. The van der Waals surface area contributed by atoms with Crippen molar-refractivity contribution in [2.45, 2.75) is 12.8 Å². The molecule has 0 aliphatic carbocycles. The molecule has 1 N–H and O–H groups in total. The molecule has 1 nitrogen and oxygen atoms in total. The van der Waals surface area contributed by atoms with Gasteiger partial charge in [0.15, 0.2) is 0 Å². The van der Waals surface area contributed by atoms with E-state index in [9.17, 15) is 0 Å². The highest BCUT2D eigenvalue weighted by atomic mass is 79.9. The monoisotopic (exact) mass is 273 g/mol. The second-order valence-corrected chi connectivity index (χ2v) is 4.16. The first kappa shape index (κ1) is 11.6. The van der Waals surface area contributed by atoms with E-state index in [4.69, 9.17) is 11.6 Å². The van der Waals surface area contributed by atoms with Crippen LogP contribution in [0, 0.1) is 0 Å². The summed E-state index contributed by atoms with van der Waals surface area (Å²) < 4.78 is 0.931. The van der Waals surface area contributed by atoms with Crippen LogP contribution in [0.1, 0.15) is 12.8 Å². The third kappa shape index (κ3) is 3.35. The second kappa shape index (κ2) is 6.10.